The molecule has 8 heteroatoms. The van der Waals surface area contributed by atoms with Gasteiger partial charge in [-0.25, -0.2) is 4.79 Å². The Kier molecular flexibility index (Phi) is 6.39. The molecule has 0 saturated carbocycles. The Labute approximate surface area is 143 Å². The molecule has 0 saturated heterocycles. The number of rotatable bonds is 7. The molecule has 0 fully saturated rings. The number of aromatic nitrogens is 2. The first kappa shape index (κ1) is 18.0. The lowest BCUT2D eigenvalue weighted by molar-refractivity contribution is -0.119. The zero-order chi connectivity index (χ0) is 17.5. The standard InChI is InChI=1S/C16H19N3O4S/c1-10-7-17-16(22)19-15(10)24-9-14(21)18-13(8-20)11-3-5-12(23-2)6-4-11/h3-7,13,20H,8-9H2,1-2H3,(H,18,21)(H,17,19,22). The molecule has 24 heavy (non-hydrogen) atoms. The van der Waals surface area contributed by atoms with Gasteiger partial charge in [-0.15, -0.1) is 0 Å². The van der Waals surface area contributed by atoms with Gasteiger partial charge in [-0.2, -0.15) is 4.98 Å². The fraction of sp³-hybridized carbons (Fsp3) is 0.312. The van der Waals surface area contributed by atoms with Crippen LogP contribution in [0.25, 0.3) is 0 Å². The average Bonchev–Trinajstić information content (AvgIpc) is 2.60. The highest BCUT2D eigenvalue weighted by Gasteiger charge is 2.14. The van der Waals surface area contributed by atoms with Gasteiger partial charge in [-0.3, -0.25) is 4.79 Å². The summed E-state index contributed by atoms with van der Waals surface area (Å²) in [6.07, 6.45) is 1.56. The van der Waals surface area contributed by atoms with E-state index in [0.29, 0.717) is 10.8 Å². The topological polar surface area (TPSA) is 104 Å². The van der Waals surface area contributed by atoms with Crippen molar-refractivity contribution >= 4 is 17.7 Å². The van der Waals surface area contributed by atoms with Crippen LogP contribution in [0, 0.1) is 6.92 Å². The zero-order valence-electron chi connectivity index (χ0n) is 13.4. The summed E-state index contributed by atoms with van der Waals surface area (Å²) in [6, 6.07) is 6.60. The molecule has 0 radical (unpaired) electrons. The molecule has 0 spiro atoms. The number of methoxy groups -OCH3 is 1. The molecular weight excluding hydrogens is 330 g/mol. The average molecular weight is 349 g/mol. The number of aromatic amines is 1. The highest BCUT2D eigenvalue weighted by atomic mass is 32.2. The molecule has 1 heterocycles. The number of amides is 1. The minimum absolute atomic E-state index is 0.101. The van der Waals surface area contributed by atoms with E-state index in [1.54, 1.807) is 44.5 Å². The van der Waals surface area contributed by atoms with Crippen LogP contribution in [-0.2, 0) is 4.79 Å². The van der Waals surface area contributed by atoms with Gasteiger partial charge in [0.1, 0.15) is 10.8 Å². The maximum Gasteiger partial charge on any atom is 0.345 e. The lowest BCUT2D eigenvalue weighted by Crippen LogP contribution is -2.32. The van der Waals surface area contributed by atoms with E-state index in [2.05, 4.69) is 15.3 Å². The first-order chi connectivity index (χ1) is 11.5. The summed E-state index contributed by atoms with van der Waals surface area (Å²) in [5.74, 6) is 0.550. The Balaban J connectivity index is 1.96. The monoisotopic (exact) mass is 349 g/mol. The van der Waals surface area contributed by atoms with Crippen molar-refractivity contribution in [3.8, 4) is 5.75 Å². The molecule has 2 aromatic rings. The summed E-state index contributed by atoms with van der Waals surface area (Å²) in [4.78, 5) is 29.6. The van der Waals surface area contributed by atoms with Crippen molar-refractivity contribution in [1.29, 1.82) is 0 Å². The Bertz CT molecular complexity index is 746. The molecule has 2 rings (SSSR count). The third kappa shape index (κ3) is 4.84. The first-order valence-corrected chi connectivity index (χ1v) is 8.25. The number of carbonyl (C=O) groups excluding carboxylic acids is 1. The van der Waals surface area contributed by atoms with Crippen molar-refractivity contribution in [2.24, 2.45) is 0 Å². The molecule has 0 aliphatic rings. The fourth-order valence-corrected chi connectivity index (χ4v) is 2.82. The number of hydrogen-bond acceptors (Lipinski definition) is 6. The molecule has 1 aromatic heterocycles. The molecular formula is C16H19N3O4S. The van der Waals surface area contributed by atoms with E-state index in [9.17, 15) is 14.7 Å². The smallest absolute Gasteiger partial charge is 0.345 e. The largest absolute Gasteiger partial charge is 0.497 e. The minimum atomic E-state index is -0.503. The number of thioether (sulfide) groups is 1. The summed E-state index contributed by atoms with van der Waals surface area (Å²) in [7, 11) is 1.57. The number of carbonyl (C=O) groups is 1. The summed E-state index contributed by atoms with van der Waals surface area (Å²) in [5, 5.41) is 12.8. The van der Waals surface area contributed by atoms with Crippen molar-refractivity contribution in [3.05, 3.63) is 52.1 Å². The quantitative estimate of drug-likeness (QED) is 0.509. The van der Waals surface area contributed by atoms with Crippen LogP contribution in [0.3, 0.4) is 0 Å². The van der Waals surface area contributed by atoms with Gasteiger partial charge in [0.15, 0.2) is 0 Å². The molecule has 128 valence electrons. The van der Waals surface area contributed by atoms with Gasteiger partial charge in [0.25, 0.3) is 0 Å². The van der Waals surface area contributed by atoms with Crippen LogP contribution >= 0.6 is 11.8 Å². The van der Waals surface area contributed by atoms with Gasteiger partial charge in [-0.05, 0) is 30.2 Å². The predicted octanol–water partition coefficient (Wildman–Crippen LogP) is 1.03. The predicted molar refractivity (Wildman–Crippen MR) is 91.3 cm³/mol. The van der Waals surface area contributed by atoms with Gasteiger partial charge in [0.05, 0.1) is 25.5 Å². The summed E-state index contributed by atoms with van der Waals surface area (Å²) < 4.78 is 5.08. The van der Waals surface area contributed by atoms with Crippen LogP contribution < -0.4 is 15.7 Å². The number of benzene rings is 1. The lowest BCUT2D eigenvalue weighted by Gasteiger charge is -2.17. The van der Waals surface area contributed by atoms with Crippen LogP contribution in [0.15, 0.2) is 40.3 Å². The van der Waals surface area contributed by atoms with Crippen LogP contribution in [0.5, 0.6) is 5.75 Å². The number of aliphatic hydroxyl groups is 1. The van der Waals surface area contributed by atoms with Gasteiger partial charge in [-0.1, -0.05) is 23.9 Å². The second-order valence-corrected chi connectivity index (χ2v) is 6.02. The third-order valence-electron chi connectivity index (χ3n) is 3.33. The Hall–Kier alpha value is -2.32. The fourth-order valence-electron chi connectivity index (χ4n) is 2.03. The van der Waals surface area contributed by atoms with Gasteiger partial charge in [0.2, 0.25) is 5.91 Å². The van der Waals surface area contributed by atoms with Crippen LogP contribution in [0.1, 0.15) is 17.2 Å². The van der Waals surface area contributed by atoms with E-state index in [1.165, 1.54) is 11.8 Å². The highest BCUT2D eigenvalue weighted by Crippen LogP contribution is 2.19. The molecule has 7 nitrogen and oxygen atoms in total. The van der Waals surface area contributed by atoms with Crippen LogP contribution in [0.4, 0.5) is 0 Å². The van der Waals surface area contributed by atoms with Crippen molar-refractivity contribution in [3.63, 3.8) is 0 Å². The second-order valence-electron chi connectivity index (χ2n) is 5.06. The Morgan fingerprint density at radius 1 is 1.42 bits per heavy atom. The zero-order valence-corrected chi connectivity index (χ0v) is 14.2. The van der Waals surface area contributed by atoms with Gasteiger partial charge in [0, 0.05) is 6.20 Å². The van der Waals surface area contributed by atoms with E-state index in [-0.39, 0.29) is 18.3 Å². The second kappa shape index (κ2) is 8.51. The lowest BCUT2D eigenvalue weighted by atomic mass is 10.1. The summed E-state index contributed by atoms with van der Waals surface area (Å²) in [5.41, 5.74) is 1.12. The van der Waals surface area contributed by atoms with Crippen molar-refractivity contribution < 1.29 is 14.6 Å². The molecule has 1 unspecified atom stereocenters. The molecule has 0 bridgehead atoms. The number of nitrogens with zero attached hydrogens (tertiary/aromatic N) is 1. The van der Waals surface area contributed by atoms with Crippen molar-refractivity contribution in [1.82, 2.24) is 15.3 Å². The Morgan fingerprint density at radius 2 is 2.12 bits per heavy atom. The van der Waals surface area contributed by atoms with E-state index in [4.69, 9.17) is 4.74 Å². The first-order valence-electron chi connectivity index (χ1n) is 7.26. The SMILES string of the molecule is COc1ccc(C(CO)NC(=O)CSc2nc(=O)[nH]cc2C)cc1. The van der Waals surface area contributed by atoms with Crippen LogP contribution in [0.2, 0.25) is 0 Å². The molecule has 1 atom stereocenters. The molecule has 0 aliphatic carbocycles. The normalized spacial score (nSPS) is 11.8. The number of H-pyrrole nitrogens is 1. The number of nitrogens with one attached hydrogen (secondary N) is 2. The number of ether oxygens (including phenoxy) is 1. The van der Waals surface area contributed by atoms with E-state index >= 15 is 0 Å². The molecule has 1 aromatic carbocycles. The Morgan fingerprint density at radius 3 is 2.75 bits per heavy atom. The van der Waals surface area contributed by atoms with Crippen LogP contribution in [-0.4, -0.2) is 40.5 Å². The number of hydrogen-bond donors (Lipinski definition) is 3. The summed E-state index contributed by atoms with van der Waals surface area (Å²) >= 11 is 1.18. The molecule has 0 aliphatic heterocycles. The van der Waals surface area contributed by atoms with Gasteiger partial charge >= 0.3 is 5.69 Å². The van der Waals surface area contributed by atoms with Crippen molar-refractivity contribution in [2.45, 2.75) is 18.0 Å². The van der Waals surface area contributed by atoms with E-state index in [0.717, 1.165) is 11.1 Å². The number of aryl methyl sites for hydroxylation is 1. The third-order valence-corrected chi connectivity index (χ3v) is 4.42. The molecule has 1 amide bonds. The maximum absolute atomic E-state index is 12.1. The minimum Gasteiger partial charge on any atom is -0.497 e. The van der Waals surface area contributed by atoms with Crippen molar-refractivity contribution in [2.75, 3.05) is 19.5 Å². The molecule has 3 N–H and O–H groups in total. The number of aliphatic hydroxyl groups excluding tert-OH is 1. The van der Waals surface area contributed by atoms with E-state index in [1.807, 2.05) is 0 Å². The van der Waals surface area contributed by atoms with Gasteiger partial charge < -0.3 is 20.1 Å². The maximum atomic E-state index is 12.1. The summed E-state index contributed by atoms with van der Waals surface area (Å²) in [6.45, 7) is 1.59. The van der Waals surface area contributed by atoms with E-state index < -0.39 is 11.7 Å². The highest BCUT2D eigenvalue weighted by molar-refractivity contribution is 7.99.